The van der Waals surface area contributed by atoms with Gasteiger partial charge in [-0.05, 0) is 79.7 Å². The van der Waals surface area contributed by atoms with Gasteiger partial charge in [-0.25, -0.2) is 0 Å². The van der Waals surface area contributed by atoms with Crippen LogP contribution in [0.4, 0.5) is 0 Å². The molecule has 0 aliphatic carbocycles. The van der Waals surface area contributed by atoms with Crippen molar-refractivity contribution in [2.24, 2.45) is 0 Å². The third-order valence-electron chi connectivity index (χ3n) is 6.29. The van der Waals surface area contributed by atoms with Gasteiger partial charge in [-0.3, -0.25) is 4.98 Å². The second-order valence-corrected chi connectivity index (χ2v) is 8.81. The van der Waals surface area contributed by atoms with Gasteiger partial charge in [-0.15, -0.1) is 0 Å². The van der Waals surface area contributed by atoms with Gasteiger partial charge in [-0.1, -0.05) is 36.4 Å². The summed E-state index contributed by atoms with van der Waals surface area (Å²) < 4.78 is 2.23. The Morgan fingerprint density at radius 1 is 0.970 bits per heavy atom. The number of aromatic hydroxyl groups is 1. The van der Waals surface area contributed by atoms with E-state index < -0.39 is 0 Å². The van der Waals surface area contributed by atoms with Crippen molar-refractivity contribution in [2.45, 2.75) is 32.5 Å². The third kappa shape index (κ3) is 3.98. The van der Waals surface area contributed by atoms with Crippen molar-refractivity contribution < 1.29 is 5.11 Å². The van der Waals surface area contributed by atoms with Crippen molar-refractivity contribution in [1.82, 2.24) is 19.8 Å². The van der Waals surface area contributed by atoms with Crippen LogP contribution in [0.2, 0.25) is 0 Å². The van der Waals surface area contributed by atoms with E-state index in [0.717, 1.165) is 27.9 Å². The molecule has 0 spiro atoms. The maximum atomic E-state index is 9.74. The molecule has 1 aliphatic rings. The van der Waals surface area contributed by atoms with Gasteiger partial charge >= 0.3 is 0 Å². The molecule has 2 N–H and O–H groups in total. The molecule has 0 bridgehead atoms. The molecule has 2 aromatic carbocycles. The van der Waals surface area contributed by atoms with E-state index in [1.54, 1.807) is 12.1 Å². The lowest BCUT2D eigenvalue weighted by Crippen LogP contribution is -2.29. The summed E-state index contributed by atoms with van der Waals surface area (Å²) >= 11 is 5.84. The van der Waals surface area contributed by atoms with E-state index in [4.69, 9.17) is 12.2 Å². The van der Waals surface area contributed by atoms with Gasteiger partial charge in [-0.2, -0.15) is 0 Å². The zero-order valence-electron chi connectivity index (χ0n) is 18.6. The first kappa shape index (κ1) is 21.2. The van der Waals surface area contributed by atoms with Gasteiger partial charge in [0, 0.05) is 29.8 Å². The predicted octanol–water partition coefficient (Wildman–Crippen LogP) is 5.37. The molecule has 0 amide bonds. The summed E-state index contributed by atoms with van der Waals surface area (Å²) in [6, 6.07) is 25.9. The van der Waals surface area contributed by atoms with Gasteiger partial charge in [0.2, 0.25) is 0 Å². The molecule has 2 atom stereocenters. The zero-order chi connectivity index (χ0) is 22.9. The number of aryl methyl sites for hydroxylation is 1. The molecule has 5 rings (SSSR count). The lowest BCUT2D eigenvalue weighted by atomic mass is 9.96. The van der Waals surface area contributed by atoms with Crippen LogP contribution in [0.15, 0.2) is 85.1 Å². The van der Waals surface area contributed by atoms with Crippen LogP contribution >= 0.6 is 12.2 Å². The van der Waals surface area contributed by atoms with Crippen molar-refractivity contribution >= 4 is 17.3 Å². The normalized spacial score (nSPS) is 17.9. The Morgan fingerprint density at radius 3 is 2.39 bits per heavy atom. The highest BCUT2D eigenvalue weighted by molar-refractivity contribution is 7.80. The number of pyridine rings is 1. The van der Waals surface area contributed by atoms with E-state index in [2.05, 4.69) is 70.0 Å². The quantitative estimate of drug-likeness (QED) is 0.397. The van der Waals surface area contributed by atoms with E-state index in [1.165, 1.54) is 11.1 Å². The van der Waals surface area contributed by atoms with Gasteiger partial charge in [0.1, 0.15) is 5.75 Å². The number of phenols is 1. The van der Waals surface area contributed by atoms with Crippen LogP contribution in [0.3, 0.4) is 0 Å². The number of benzene rings is 2. The Balaban J connectivity index is 1.61. The number of phenolic OH excluding ortho intramolecular Hbond substituents is 1. The lowest BCUT2D eigenvalue weighted by Gasteiger charge is -2.28. The molecule has 6 heteroatoms. The van der Waals surface area contributed by atoms with Crippen molar-refractivity contribution in [2.75, 3.05) is 0 Å². The average Bonchev–Trinajstić information content (AvgIpc) is 3.31. The SMILES string of the molecule is Cc1cc([C@@H]2[C@H](c3ccccn3)NC(=S)N2Cc2ccccc2)c(C)n1-c1ccc(O)cc1. The van der Waals surface area contributed by atoms with Crippen LogP contribution in [0, 0.1) is 13.8 Å². The van der Waals surface area contributed by atoms with E-state index in [9.17, 15) is 5.11 Å². The highest BCUT2D eigenvalue weighted by Gasteiger charge is 2.41. The van der Waals surface area contributed by atoms with Crippen molar-refractivity contribution in [3.63, 3.8) is 0 Å². The van der Waals surface area contributed by atoms with Crippen LogP contribution in [0.5, 0.6) is 5.75 Å². The Kier molecular flexibility index (Phi) is 5.60. The predicted molar refractivity (Wildman–Crippen MR) is 134 cm³/mol. The first-order valence-electron chi connectivity index (χ1n) is 11.0. The van der Waals surface area contributed by atoms with Crippen molar-refractivity contribution in [3.8, 4) is 11.4 Å². The summed E-state index contributed by atoms with van der Waals surface area (Å²) in [5, 5.41) is 14.0. The first-order valence-corrected chi connectivity index (χ1v) is 11.4. The molecule has 0 saturated carbocycles. The van der Waals surface area contributed by atoms with Crippen LogP contribution in [0.1, 0.15) is 40.3 Å². The Hall–Kier alpha value is -3.64. The number of hydrogen-bond acceptors (Lipinski definition) is 3. The highest BCUT2D eigenvalue weighted by atomic mass is 32.1. The van der Waals surface area contributed by atoms with E-state index >= 15 is 0 Å². The fourth-order valence-electron chi connectivity index (χ4n) is 4.78. The second-order valence-electron chi connectivity index (χ2n) is 8.42. The lowest BCUT2D eigenvalue weighted by molar-refractivity contribution is 0.310. The summed E-state index contributed by atoms with van der Waals surface area (Å²) in [6.45, 7) is 4.97. The molecule has 3 heterocycles. The minimum Gasteiger partial charge on any atom is -0.508 e. The van der Waals surface area contributed by atoms with E-state index in [1.807, 2.05) is 36.5 Å². The second kappa shape index (κ2) is 8.71. The molecule has 0 unspecified atom stereocenters. The molecule has 1 aliphatic heterocycles. The van der Waals surface area contributed by atoms with Crippen LogP contribution in [0.25, 0.3) is 5.69 Å². The van der Waals surface area contributed by atoms with Gasteiger partial charge < -0.3 is 19.9 Å². The number of rotatable bonds is 5. The highest BCUT2D eigenvalue weighted by Crippen LogP contribution is 2.42. The first-order chi connectivity index (χ1) is 16.0. The van der Waals surface area contributed by atoms with E-state index in [-0.39, 0.29) is 17.8 Å². The molecule has 4 aromatic rings. The topological polar surface area (TPSA) is 53.3 Å². The Labute approximate surface area is 199 Å². The van der Waals surface area contributed by atoms with Crippen LogP contribution in [-0.2, 0) is 6.54 Å². The largest absolute Gasteiger partial charge is 0.508 e. The monoisotopic (exact) mass is 454 g/mol. The average molecular weight is 455 g/mol. The smallest absolute Gasteiger partial charge is 0.170 e. The summed E-state index contributed by atoms with van der Waals surface area (Å²) in [4.78, 5) is 6.93. The minimum absolute atomic E-state index is 0.00956. The summed E-state index contributed by atoms with van der Waals surface area (Å²) in [7, 11) is 0. The summed E-state index contributed by atoms with van der Waals surface area (Å²) in [5.41, 5.74) is 6.68. The summed E-state index contributed by atoms with van der Waals surface area (Å²) in [5.74, 6) is 0.260. The van der Waals surface area contributed by atoms with Crippen LogP contribution < -0.4 is 5.32 Å². The van der Waals surface area contributed by atoms with Gasteiger partial charge in [0.25, 0.3) is 0 Å². The molecular weight excluding hydrogens is 428 g/mol. The summed E-state index contributed by atoms with van der Waals surface area (Å²) in [6.07, 6.45) is 1.83. The molecule has 166 valence electrons. The molecule has 1 saturated heterocycles. The van der Waals surface area contributed by atoms with Gasteiger partial charge in [0.15, 0.2) is 5.11 Å². The van der Waals surface area contributed by atoms with E-state index in [0.29, 0.717) is 6.54 Å². The maximum Gasteiger partial charge on any atom is 0.170 e. The Morgan fingerprint density at radius 2 is 1.70 bits per heavy atom. The van der Waals surface area contributed by atoms with Crippen molar-refractivity contribution in [3.05, 3.63) is 113 Å². The number of thiocarbonyl (C=S) groups is 1. The van der Waals surface area contributed by atoms with Crippen molar-refractivity contribution in [1.29, 1.82) is 0 Å². The van der Waals surface area contributed by atoms with Gasteiger partial charge in [0.05, 0.1) is 17.8 Å². The number of hydrogen-bond donors (Lipinski definition) is 2. The molecule has 33 heavy (non-hydrogen) atoms. The number of aromatic nitrogens is 2. The van der Waals surface area contributed by atoms with Crippen LogP contribution in [-0.4, -0.2) is 24.7 Å². The molecule has 0 radical (unpaired) electrons. The Bertz CT molecular complexity index is 1270. The molecule has 5 nitrogen and oxygen atoms in total. The number of nitrogens with one attached hydrogen (secondary N) is 1. The maximum absolute atomic E-state index is 9.74. The zero-order valence-corrected chi connectivity index (χ0v) is 19.5. The minimum atomic E-state index is -0.0591. The molecule has 1 fully saturated rings. The number of nitrogens with zero attached hydrogens (tertiary/aromatic N) is 3. The fourth-order valence-corrected chi connectivity index (χ4v) is 5.09. The fraction of sp³-hybridized carbons (Fsp3) is 0.185. The third-order valence-corrected chi connectivity index (χ3v) is 6.64. The molecular formula is C27H26N4OS. The standard InChI is InChI=1S/C27H26N4OS/c1-18-16-23(19(2)31(18)21-11-13-22(32)14-12-21)26-25(24-10-6-7-15-28-24)29-27(33)30(26)17-20-8-4-3-5-9-20/h3-16,25-26,32H,17H2,1-2H3,(H,29,33)/t25-,26+/m0/s1. The molecule has 2 aromatic heterocycles.